The number of likely N-dealkylation sites (N-methyl/N-ethyl adjacent to an activating group) is 1. The van der Waals surface area contributed by atoms with E-state index >= 15 is 0 Å². The third-order valence-electron chi connectivity index (χ3n) is 6.55. The fourth-order valence-corrected chi connectivity index (χ4v) is 5.09. The van der Waals surface area contributed by atoms with E-state index < -0.39 is 11.5 Å². The van der Waals surface area contributed by atoms with Gasteiger partial charge in [0.15, 0.2) is 0 Å². The van der Waals surface area contributed by atoms with Crippen molar-refractivity contribution in [3.05, 3.63) is 58.9 Å². The number of amides is 2. The monoisotopic (exact) mass is 456 g/mol. The molecule has 8 heteroatoms. The molecule has 2 amide bonds. The van der Waals surface area contributed by atoms with Gasteiger partial charge in [0, 0.05) is 55.7 Å². The van der Waals surface area contributed by atoms with Gasteiger partial charge in [-0.05, 0) is 61.8 Å². The molecule has 7 nitrogen and oxygen atoms in total. The quantitative estimate of drug-likeness (QED) is 0.688. The Balaban J connectivity index is 1.72. The number of halogens is 1. The minimum atomic E-state index is -1.08. The Morgan fingerprint density at radius 2 is 1.97 bits per heavy atom. The normalized spacial score (nSPS) is 20.9. The van der Waals surface area contributed by atoms with Crippen LogP contribution in [0.4, 0.5) is 10.5 Å². The van der Waals surface area contributed by atoms with E-state index in [9.17, 15) is 14.7 Å². The summed E-state index contributed by atoms with van der Waals surface area (Å²) < 4.78 is 0. The van der Waals surface area contributed by atoms with Crippen molar-refractivity contribution in [1.82, 2.24) is 14.8 Å². The number of carboxylic acid groups (broad SMARTS) is 1. The summed E-state index contributed by atoms with van der Waals surface area (Å²) >= 11 is 6.36. The smallest absolute Gasteiger partial charge is 0.407 e. The van der Waals surface area contributed by atoms with Crippen molar-refractivity contribution < 1.29 is 14.7 Å². The first-order valence-corrected chi connectivity index (χ1v) is 11.5. The maximum absolute atomic E-state index is 14.0. The molecule has 1 atom stereocenters. The van der Waals surface area contributed by atoms with E-state index in [-0.39, 0.29) is 12.5 Å². The number of hydrogen-bond donors (Lipinski definition) is 1. The third kappa shape index (κ3) is 4.45. The highest BCUT2D eigenvalue weighted by atomic mass is 35.5. The molecule has 1 N–H and O–H groups in total. The summed E-state index contributed by atoms with van der Waals surface area (Å²) in [5, 5.41) is 10.1. The van der Waals surface area contributed by atoms with Crippen LogP contribution in [-0.4, -0.2) is 71.7 Å². The molecule has 0 bridgehead atoms. The molecule has 2 aliphatic heterocycles. The van der Waals surface area contributed by atoms with Gasteiger partial charge in [0.25, 0.3) is 0 Å². The largest absolute Gasteiger partial charge is 0.465 e. The first-order chi connectivity index (χ1) is 15.4. The second-order valence-corrected chi connectivity index (χ2v) is 9.18. The van der Waals surface area contributed by atoms with Crippen molar-refractivity contribution in [2.24, 2.45) is 0 Å². The predicted octanol–water partition coefficient (Wildman–Crippen LogP) is 3.66. The number of likely N-dealkylation sites (tertiary alicyclic amines) is 1. The van der Waals surface area contributed by atoms with Crippen molar-refractivity contribution in [3.63, 3.8) is 0 Å². The minimum absolute atomic E-state index is 0.0330. The standard InChI is InChI=1S/C24H29ClN4O3/c1-27(23(31)32)17-24(16-19-7-3-4-10-26-19)20-15-18(25)8-9-21(20)29(22(24)30)14-13-28-11-5-2-6-12-28/h3-4,7-10,15H,2,5-6,11-14,16-17H2,1H3,(H,31,32). The Bertz CT molecular complexity index is 980. The number of carbonyl (C=O) groups is 2. The summed E-state index contributed by atoms with van der Waals surface area (Å²) in [7, 11) is 1.50. The number of carbonyl (C=O) groups excluding carboxylic acids is 1. The zero-order valence-corrected chi connectivity index (χ0v) is 19.1. The first kappa shape index (κ1) is 22.6. The van der Waals surface area contributed by atoms with Crippen molar-refractivity contribution >= 4 is 29.3 Å². The summed E-state index contributed by atoms with van der Waals surface area (Å²) in [4.78, 5) is 35.6. The van der Waals surface area contributed by atoms with Gasteiger partial charge in [-0.25, -0.2) is 4.79 Å². The van der Waals surface area contributed by atoms with E-state index in [0.29, 0.717) is 18.0 Å². The number of piperidine rings is 1. The highest BCUT2D eigenvalue weighted by molar-refractivity contribution is 6.31. The maximum Gasteiger partial charge on any atom is 0.407 e. The van der Waals surface area contributed by atoms with Crippen LogP contribution in [0.15, 0.2) is 42.6 Å². The van der Waals surface area contributed by atoms with Gasteiger partial charge in [0.2, 0.25) is 5.91 Å². The van der Waals surface area contributed by atoms with Gasteiger partial charge in [-0.3, -0.25) is 9.78 Å². The number of pyridine rings is 1. The molecular formula is C24H29ClN4O3. The molecule has 0 aliphatic carbocycles. The van der Waals surface area contributed by atoms with Crippen LogP contribution in [0.5, 0.6) is 0 Å². The highest BCUT2D eigenvalue weighted by Gasteiger charge is 2.52. The number of anilines is 1. The van der Waals surface area contributed by atoms with Crippen molar-refractivity contribution in [3.8, 4) is 0 Å². The molecule has 1 unspecified atom stereocenters. The van der Waals surface area contributed by atoms with Crippen molar-refractivity contribution in [2.75, 3.05) is 44.7 Å². The molecule has 2 aliphatic rings. The number of aromatic nitrogens is 1. The average molecular weight is 457 g/mol. The molecule has 32 heavy (non-hydrogen) atoms. The lowest BCUT2D eigenvalue weighted by Gasteiger charge is -2.33. The van der Waals surface area contributed by atoms with E-state index in [1.54, 1.807) is 12.3 Å². The molecule has 3 heterocycles. The zero-order valence-electron chi connectivity index (χ0n) is 18.3. The summed E-state index contributed by atoms with van der Waals surface area (Å²) in [6.07, 6.45) is 4.55. The van der Waals surface area contributed by atoms with E-state index in [2.05, 4.69) is 9.88 Å². The summed E-state index contributed by atoms with van der Waals surface area (Å²) in [6.45, 7) is 3.49. The van der Waals surface area contributed by atoms with Gasteiger partial charge in [-0.15, -0.1) is 0 Å². The number of rotatable bonds is 7. The van der Waals surface area contributed by atoms with E-state index in [4.69, 9.17) is 11.6 Å². The second kappa shape index (κ2) is 9.46. The molecule has 0 radical (unpaired) electrons. The lowest BCUT2D eigenvalue weighted by Crippen LogP contribution is -2.51. The second-order valence-electron chi connectivity index (χ2n) is 8.74. The SMILES string of the molecule is CN(CC1(Cc2ccccn2)C(=O)N(CCN2CCCCC2)c2ccc(Cl)cc21)C(=O)O. The van der Waals surface area contributed by atoms with Crippen molar-refractivity contribution in [1.29, 1.82) is 0 Å². The number of fused-ring (bicyclic) bond motifs is 1. The van der Waals surface area contributed by atoms with Crippen LogP contribution in [0.2, 0.25) is 5.02 Å². The molecule has 0 spiro atoms. The Kier molecular flexibility index (Phi) is 6.67. The van der Waals surface area contributed by atoms with Crippen LogP contribution in [0.3, 0.4) is 0 Å². The van der Waals surface area contributed by atoms with Gasteiger partial charge in [-0.1, -0.05) is 24.1 Å². The van der Waals surface area contributed by atoms with Crippen LogP contribution in [0, 0.1) is 0 Å². The van der Waals surface area contributed by atoms with Gasteiger partial charge in [0.05, 0.1) is 5.41 Å². The third-order valence-corrected chi connectivity index (χ3v) is 6.79. The van der Waals surface area contributed by atoms with Crippen molar-refractivity contribution in [2.45, 2.75) is 31.1 Å². The summed E-state index contributed by atoms with van der Waals surface area (Å²) in [6, 6.07) is 11.1. The molecule has 2 aromatic rings. The fraction of sp³-hybridized carbons (Fsp3) is 0.458. The number of benzene rings is 1. The lowest BCUT2D eigenvalue weighted by molar-refractivity contribution is -0.123. The molecule has 1 fully saturated rings. The molecule has 4 rings (SSSR count). The van der Waals surface area contributed by atoms with Crippen LogP contribution >= 0.6 is 11.6 Å². The van der Waals surface area contributed by atoms with Gasteiger partial charge >= 0.3 is 6.09 Å². The van der Waals surface area contributed by atoms with Gasteiger partial charge < -0.3 is 19.8 Å². The Morgan fingerprint density at radius 3 is 2.66 bits per heavy atom. The Hall–Kier alpha value is -2.64. The fourth-order valence-electron chi connectivity index (χ4n) is 4.92. The Morgan fingerprint density at radius 1 is 1.19 bits per heavy atom. The molecule has 1 aromatic carbocycles. The average Bonchev–Trinajstić information content (AvgIpc) is 3.00. The maximum atomic E-state index is 14.0. The molecule has 1 aromatic heterocycles. The zero-order chi connectivity index (χ0) is 22.7. The van der Waals surface area contributed by atoms with E-state index in [1.165, 1.54) is 31.2 Å². The first-order valence-electron chi connectivity index (χ1n) is 11.1. The molecule has 1 saturated heterocycles. The topological polar surface area (TPSA) is 77.0 Å². The van der Waals surface area contributed by atoms with Crippen LogP contribution in [0.1, 0.15) is 30.5 Å². The predicted molar refractivity (Wildman–Crippen MR) is 124 cm³/mol. The summed E-state index contributed by atoms with van der Waals surface area (Å²) in [5.74, 6) is -0.0921. The Labute approximate surface area is 193 Å². The summed E-state index contributed by atoms with van der Waals surface area (Å²) in [5.41, 5.74) is 1.24. The van der Waals surface area contributed by atoms with E-state index in [1.807, 2.05) is 35.2 Å². The van der Waals surface area contributed by atoms with E-state index in [0.717, 1.165) is 36.6 Å². The number of nitrogens with zero attached hydrogens (tertiary/aromatic N) is 4. The highest BCUT2D eigenvalue weighted by Crippen LogP contribution is 2.45. The molecule has 0 saturated carbocycles. The van der Waals surface area contributed by atoms with Crippen LogP contribution in [0.25, 0.3) is 0 Å². The minimum Gasteiger partial charge on any atom is -0.465 e. The molecular weight excluding hydrogens is 428 g/mol. The van der Waals surface area contributed by atoms with Crippen LogP contribution in [-0.2, 0) is 16.6 Å². The van der Waals surface area contributed by atoms with Gasteiger partial charge in [-0.2, -0.15) is 0 Å². The number of hydrogen-bond acceptors (Lipinski definition) is 4. The molecule has 170 valence electrons. The van der Waals surface area contributed by atoms with Crippen LogP contribution < -0.4 is 4.90 Å². The lowest BCUT2D eigenvalue weighted by atomic mass is 9.77. The van der Waals surface area contributed by atoms with Gasteiger partial charge in [0.1, 0.15) is 0 Å².